The van der Waals surface area contributed by atoms with Crippen molar-refractivity contribution in [3.63, 3.8) is 0 Å². The number of furan rings is 1. The van der Waals surface area contributed by atoms with Gasteiger partial charge < -0.3 is 9.73 Å². The van der Waals surface area contributed by atoms with Crippen molar-refractivity contribution < 1.29 is 12.8 Å². The first kappa shape index (κ1) is 14.5. The van der Waals surface area contributed by atoms with E-state index in [0.717, 1.165) is 19.4 Å². The zero-order valence-electron chi connectivity index (χ0n) is 9.55. The number of hydrogen-bond donors (Lipinski definition) is 2. The van der Waals surface area contributed by atoms with Crippen LogP contribution in [0.2, 0.25) is 0 Å². The van der Waals surface area contributed by atoms with Gasteiger partial charge in [0, 0.05) is 12.1 Å². The van der Waals surface area contributed by atoms with Crippen molar-refractivity contribution in [3.8, 4) is 0 Å². The SMILES string of the molecule is CC1CC(NS(=O)(=O)c2ccco2)CCN1.Cl. The van der Waals surface area contributed by atoms with Crippen LogP contribution in [0, 0.1) is 0 Å². The number of piperidine rings is 1. The topological polar surface area (TPSA) is 71.3 Å². The van der Waals surface area contributed by atoms with Crippen LogP contribution in [0.25, 0.3) is 0 Å². The van der Waals surface area contributed by atoms with Gasteiger partial charge in [-0.05, 0) is 38.4 Å². The van der Waals surface area contributed by atoms with Gasteiger partial charge in [0.15, 0.2) is 0 Å². The summed E-state index contributed by atoms with van der Waals surface area (Å²) in [5.41, 5.74) is 0. The predicted octanol–water partition coefficient (Wildman–Crippen LogP) is 1.12. The molecule has 0 bridgehead atoms. The van der Waals surface area contributed by atoms with Crippen molar-refractivity contribution >= 4 is 22.4 Å². The summed E-state index contributed by atoms with van der Waals surface area (Å²) >= 11 is 0. The first-order valence-electron chi connectivity index (χ1n) is 5.37. The normalized spacial score (nSPS) is 25.2. The molecule has 1 aliphatic heterocycles. The maximum Gasteiger partial charge on any atom is 0.274 e. The molecule has 7 heteroatoms. The van der Waals surface area contributed by atoms with Crippen molar-refractivity contribution in [1.29, 1.82) is 0 Å². The molecule has 1 saturated heterocycles. The Hall–Kier alpha value is -0.560. The molecule has 2 N–H and O–H groups in total. The second-order valence-corrected chi connectivity index (χ2v) is 5.77. The van der Waals surface area contributed by atoms with Crippen molar-refractivity contribution in [2.24, 2.45) is 0 Å². The minimum atomic E-state index is -3.48. The summed E-state index contributed by atoms with van der Waals surface area (Å²) in [4.78, 5) is 0. The van der Waals surface area contributed by atoms with Gasteiger partial charge >= 0.3 is 0 Å². The standard InChI is InChI=1S/C10H16N2O3S.ClH/c1-8-7-9(4-5-11-8)12-16(13,14)10-3-2-6-15-10;/h2-3,6,8-9,11-12H,4-5,7H2,1H3;1H. The van der Waals surface area contributed by atoms with Crippen LogP contribution < -0.4 is 10.0 Å². The Balaban J connectivity index is 0.00000144. The number of hydrogen-bond acceptors (Lipinski definition) is 4. The zero-order valence-corrected chi connectivity index (χ0v) is 11.2. The Bertz CT molecular complexity index is 432. The summed E-state index contributed by atoms with van der Waals surface area (Å²) in [6.07, 6.45) is 2.98. The largest absolute Gasteiger partial charge is 0.452 e. The molecule has 17 heavy (non-hydrogen) atoms. The van der Waals surface area contributed by atoms with E-state index >= 15 is 0 Å². The van der Waals surface area contributed by atoms with Crippen LogP contribution in [0.3, 0.4) is 0 Å². The minimum Gasteiger partial charge on any atom is -0.452 e. The Morgan fingerprint density at radius 3 is 2.88 bits per heavy atom. The third-order valence-electron chi connectivity index (χ3n) is 2.71. The average Bonchev–Trinajstić information content (AvgIpc) is 2.69. The molecule has 0 aromatic carbocycles. The van der Waals surface area contributed by atoms with Crippen molar-refractivity contribution in [2.45, 2.75) is 36.9 Å². The summed E-state index contributed by atoms with van der Waals surface area (Å²) in [5.74, 6) is 0. The molecule has 1 aliphatic rings. The molecule has 5 nitrogen and oxygen atoms in total. The number of halogens is 1. The minimum absolute atomic E-state index is 0. The van der Waals surface area contributed by atoms with E-state index < -0.39 is 10.0 Å². The Morgan fingerprint density at radius 2 is 2.29 bits per heavy atom. The maximum atomic E-state index is 11.8. The monoisotopic (exact) mass is 280 g/mol. The van der Waals surface area contributed by atoms with E-state index in [1.54, 1.807) is 6.07 Å². The Labute approximate surface area is 107 Å². The first-order valence-corrected chi connectivity index (χ1v) is 6.85. The van der Waals surface area contributed by atoms with Gasteiger partial charge in [-0.25, -0.2) is 13.1 Å². The van der Waals surface area contributed by atoms with E-state index in [-0.39, 0.29) is 23.5 Å². The van der Waals surface area contributed by atoms with Gasteiger partial charge in [-0.1, -0.05) is 0 Å². The van der Waals surface area contributed by atoms with Gasteiger partial charge in [0.05, 0.1) is 6.26 Å². The molecule has 2 atom stereocenters. The lowest BCUT2D eigenvalue weighted by atomic mass is 10.0. The zero-order chi connectivity index (χ0) is 11.6. The molecule has 0 amide bonds. The molecule has 0 radical (unpaired) electrons. The molecular formula is C10H17ClN2O3S. The second-order valence-electron chi connectivity index (χ2n) is 4.13. The molecule has 0 aliphatic carbocycles. The molecule has 1 aromatic heterocycles. The highest BCUT2D eigenvalue weighted by molar-refractivity contribution is 7.89. The van der Waals surface area contributed by atoms with Crippen LogP contribution in [0.15, 0.2) is 27.9 Å². The van der Waals surface area contributed by atoms with Gasteiger partial charge in [-0.3, -0.25) is 0 Å². The van der Waals surface area contributed by atoms with Gasteiger partial charge in [0.2, 0.25) is 5.09 Å². The smallest absolute Gasteiger partial charge is 0.274 e. The number of sulfonamides is 1. The summed E-state index contributed by atoms with van der Waals surface area (Å²) in [6, 6.07) is 3.36. The third-order valence-corrected chi connectivity index (χ3v) is 4.11. The van der Waals surface area contributed by atoms with Crippen LogP contribution in [0.1, 0.15) is 19.8 Å². The van der Waals surface area contributed by atoms with Crippen molar-refractivity contribution in [1.82, 2.24) is 10.0 Å². The molecule has 1 aromatic rings. The van der Waals surface area contributed by atoms with E-state index in [2.05, 4.69) is 10.0 Å². The Kier molecular flexibility index (Phi) is 5.00. The van der Waals surface area contributed by atoms with E-state index in [1.165, 1.54) is 12.3 Å². The van der Waals surface area contributed by atoms with E-state index in [0.29, 0.717) is 6.04 Å². The van der Waals surface area contributed by atoms with Gasteiger partial charge in [-0.15, -0.1) is 12.4 Å². The summed E-state index contributed by atoms with van der Waals surface area (Å²) in [5, 5.41) is 3.26. The molecule has 98 valence electrons. The van der Waals surface area contributed by atoms with Gasteiger partial charge in [0.25, 0.3) is 10.0 Å². The summed E-state index contributed by atoms with van der Waals surface area (Å²) in [7, 11) is -3.48. The van der Waals surface area contributed by atoms with E-state index in [1.807, 2.05) is 6.92 Å². The summed E-state index contributed by atoms with van der Waals surface area (Å²) in [6.45, 7) is 2.89. The lowest BCUT2D eigenvalue weighted by Crippen LogP contribution is -2.46. The number of rotatable bonds is 3. The molecule has 1 fully saturated rings. The molecule has 2 unspecified atom stereocenters. The highest BCUT2D eigenvalue weighted by Crippen LogP contribution is 2.14. The molecule has 0 spiro atoms. The second kappa shape index (κ2) is 5.86. The predicted molar refractivity (Wildman–Crippen MR) is 66.8 cm³/mol. The third kappa shape index (κ3) is 3.70. The van der Waals surface area contributed by atoms with Gasteiger partial charge in [-0.2, -0.15) is 0 Å². The fourth-order valence-corrected chi connectivity index (χ4v) is 3.14. The van der Waals surface area contributed by atoms with E-state index in [9.17, 15) is 8.42 Å². The fraction of sp³-hybridized carbons (Fsp3) is 0.600. The highest BCUT2D eigenvalue weighted by atomic mass is 35.5. The highest BCUT2D eigenvalue weighted by Gasteiger charge is 2.25. The van der Waals surface area contributed by atoms with Crippen molar-refractivity contribution in [2.75, 3.05) is 6.54 Å². The van der Waals surface area contributed by atoms with Crippen LogP contribution in [-0.2, 0) is 10.0 Å². The Morgan fingerprint density at radius 1 is 1.53 bits per heavy atom. The number of nitrogens with one attached hydrogen (secondary N) is 2. The molecular weight excluding hydrogens is 264 g/mol. The van der Waals surface area contributed by atoms with Gasteiger partial charge in [0.1, 0.15) is 0 Å². The molecule has 2 rings (SSSR count). The first-order chi connectivity index (χ1) is 7.58. The van der Waals surface area contributed by atoms with Crippen molar-refractivity contribution in [3.05, 3.63) is 18.4 Å². The lowest BCUT2D eigenvalue weighted by Gasteiger charge is -2.28. The quantitative estimate of drug-likeness (QED) is 0.870. The van der Waals surface area contributed by atoms with Crippen LogP contribution in [-0.4, -0.2) is 27.0 Å². The maximum absolute atomic E-state index is 11.8. The molecule has 0 saturated carbocycles. The van der Waals surface area contributed by atoms with Crippen LogP contribution in [0.4, 0.5) is 0 Å². The van der Waals surface area contributed by atoms with Crippen LogP contribution >= 0.6 is 12.4 Å². The average molecular weight is 281 g/mol. The van der Waals surface area contributed by atoms with E-state index in [4.69, 9.17) is 4.42 Å². The lowest BCUT2D eigenvalue weighted by molar-refractivity contribution is 0.357. The fourth-order valence-electron chi connectivity index (χ4n) is 1.93. The summed E-state index contributed by atoms with van der Waals surface area (Å²) < 4.78 is 31.3. The van der Waals surface area contributed by atoms with Crippen LogP contribution in [0.5, 0.6) is 0 Å². The molecule has 2 heterocycles.